The molecule has 0 saturated heterocycles. The van der Waals surface area contributed by atoms with Crippen molar-refractivity contribution in [2.24, 2.45) is 5.92 Å². The van der Waals surface area contributed by atoms with E-state index in [2.05, 4.69) is 25.8 Å². The summed E-state index contributed by atoms with van der Waals surface area (Å²) in [5, 5.41) is 21.4. The number of H-pyrrole nitrogens is 1. The van der Waals surface area contributed by atoms with Gasteiger partial charge in [-0.1, -0.05) is 6.92 Å². The molecular formula is C21H29N5O6S. The van der Waals surface area contributed by atoms with Gasteiger partial charge >= 0.3 is 6.09 Å². The molecule has 11 nitrogen and oxygen atoms in total. The molecule has 2 aromatic rings. The van der Waals surface area contributed by atoms with Crippen LogP contribution in [0.4, 0.5) is 10.6 Å². The molecule has 12 heteroatoms. The lowest BCUT2D eigenvalue weighted by molar-refractivity contribution is -0.115. The highest BCUT2D eigenvalue weighted by Crippen LogP contribution is 2.40. The van der Waals surface area contributed by atoms with Crippen LogP contribution in [0.25, 0.3) is 0 Å². The summed E-state index contributed by atoms with van der Waals surface area (Å²) in [6.07, 6.45) is 4.39. The fourth-order valence-electron chi connectivity index (χ4n) is 4.39. The van der Waals surface area contributed by atoms with E-state index in [1.165, 1.54) is 19.4 Å². The zero-order valence-electron chi connectivity index (χ0n) is 18.8. The van der Waals surface area contributed by atoms with Crippen molar-refractivity contribution in [1.29, 1.82) is 0 Å². The number of anilines is 1. The maximum atomic E-state index is 12.6. The van der Waals surface area contributed by atoms with E-state index in [4.69, 9.17) is 9.84 Å². The summed E-state index contributed by atoms with van der Waals surface area (Å²) in [6.45, 7) is 1.96. The molecule has 0 aromatic carbocycles. The van der Waals surface area contributed by atoms with Gasteiger partial charge in [0.2, 0.25) is 11.8 Å². The van der Waals surface area contributed by atoms with Crippen molar-refractivity contribution in [3.63, 3.8) is 0 Å². The minimum Gasteiger partial charge on any atom is -0.481 e. The molecule has 3 rings (SSSR count). The molecule has 33 heavy (non-hydrogen) atoms. The summed E-state index contributed by atoms with van der Waals surface area (Å²) in [4.78, 5) is 27.5. The standard InChI is InChI=1S/C21H29N5O6S/c1-4-15(23-21(28)29)12-5-6-13(7-12)16-10-18(26-25-16)24-19(27)8-14-9-20(32-2)22-11-17(14)33(3,30)31/h9-13,15,23H,4-8H2,1-3H3,(H,28,29)(H2,24,25,26,27). The number of rotatable bonds is 9. The molecule has 1 fully saturated rings. The largest absolute Gasteiger partial charge is 0.481 e. The number of hydrogen-bond acceptors (Lipinski definition) is 7. The summed E-state index contributed by atoms with van der Waals surface area (Å²) in [5.41, 5.74) is 1.16. The van der Waals surface area contributed by atoms with E-state index in [9.17, 15) is 18.0 Å². The fourth-order valence-corrected chi connectivity index (χ4v) is 5.24. The van der Waals surface area contributed by atoms with Crippen LogP contribution >= 0.6 is 0 Å². The molecule has 3 atom stereocenters. The molecule has 0 spiro atoms. The monoisotopic (exact) mass is 479 g/mol. The first-order chi connectivity index (χ1) is 15.6. The van der Waals surface area contributed by atoms with Crippen molar-refractivity contribution in [2.45, 2.75) is 55.9 Å². The zero-order chi connectivity index (χ0) is 24.2. The van der Waals surface area contributed by atoms with Crippen LogP contribution < -0.4 is 15.4 Å². The van der Waals surface area contributed by atoms with E-state index in [-0.39, 0.29) is 40.6 Å². The van der Waals surface area contributed by atoms with Crippen LogP contribution in [0.15, 0.2) is 23.2 Å². The van der Waals surface area contributed by atoms with Crippen molar-refractivity contribution in [3.8, 4) is 5.88 Å². The smallest absolute Gasteiger partial charge is 0.404 e. The topological polar surface area (TPSA) is 163 Å². The number of carboxylic acid groups (broad SMARTS) is 1. The quantitative estimate of drug-likeness (QED) is 0.426. The third kappa shape index (κ3) is 6.21. The third-order valence-electron chi connectivity index (χ3n) is 5.98. The highest BCUT2D eigenvalue weighted by Gasteiger charge is 2.32. The summed E-state index contributed by atoms with van der Waals surface area (Å²) in [6, 6.07) is 3.11. The number of amides is 2. The molecule has 2 aromatic heterocycles. The summed E-state index contributed by atoms with van der Waals surface area (Å²) >= 11 is 0. The van der Waals surface area contributed by atoms with E-state index in [1.807, 2.05) is 6.92 Å². The van der Waals surface area contributed by atoms with E-state index < -0.39 is 21.8 Å². The molecule has 0 radical (unpaired) electrons. The van der Waals surface area contributed by atoms with E-state index >= 15 is 0 Å². The van der Waals surface area contributed by atoms with Gasteiger partial charge in [0, 0.05) is 42.2 Å². The number of sulfone groups is 1. The average molecular weight is 480 g/mol. The average Bonchev–Trinajstić information content (AvgIpc) is 3.40. The molecule has 0 bridgehead atoms. The van der Waals surface area contributed by atoms with Crippen molar-refractivity contribution in [2.75, 3.05) is 18.7 Å². The van der Waals surface area contributed by atoms with Crippen molar-refractivity contribution >= 4 is 27.7 Å². The maximum absolute atomic E-state index is 12.6. The van der Waals surface area contributed by atoms with Gasteiger partial charge in [0.25, 0.3) is 0 Å². The van der Waals surface area contributed by atoms with Gasteiger partial charge in [0.1, 0.15) is 0 Å². The highest BCUT2D eigenvalue weighted by molar-refractivity contribution is 7.90. The second-order valence-electron chi connectivity index (χ2n) is 8.27. The molecule has 3 unspecified atom stereocenters. The predicted molar refractivity (Wildman–Crippen MR) is 120 cm³/mol. The van der Waals surface area contributed by atoms with Crippen LogP contribution in [0.3, 0.4) is 0 Å². The number of nitrogens with zero attached hydrogens (tertiary/aromatic N) is 2. The molecule has 180 valence electrons. The van der Waals surface area contributed by atoms with Crippen LogP contribution in [-0.2, 0) is 21.1 Å². The van der Waals surface area contributed by atoms with Crippen molar-refractivity contribution in [3.05, 3.63) is 29.6 Å². The number of methoxy groups -OCH3 is 1. The number of pyridine rings is 1. The SMILES string of the molecule is CCC(NC(=O)O)C1CCC(c2cc(NC(=O)Cc3cc(OC)ncc3S(C)(=O)=O)n[nH]2)C1. The number of hydrogen-bond donors (Lipinski definition) is 4. The van der Waals surface area contributed by atoms with Gasteiger partial charge in [0.05, 0.1) is 18.4 Å². The highest BCUT2D eigenvalue weighted by atomic mass is 32.2. The molecule has 1 aliphatic rings. The van der Waals surface area contributed by atoms with E-state index in [1.54, 1.807) is 6.07 Å². The normalized spacial score (nSPS) is 19.1. The number of nitrogens with one attached hydrogen (secondary N) is 3. The molecule has 0 aliphatic heterocycles. The van der Waals surface area contributed by atoms with Crippen molar-refractivity contribution in [1.82, 2.24) is 20.5 Å². The zero-order valence-corrected chi connectivity index (χ0v) is 19.6. The lowest BCUT2D eigenvalue weighted by atomic mass is 9.94. The van der Waals surface area contributed by atoms with Crippen LogP contribution in [0.2, 0.25) is 0 Å². The molecule has 4 N–H and O–H groups in total. The molecule has 2 heterocycles. The third-order valence-corrected chi connectivity index (χ3v) is 7.15. The first-order valence-electron chi connectivity index (χ1n) is 10.7. The Balaban J connectivity index is 1.65. The van der Waals surface area contributed by atoms with Crippen LogP contribution in [0.1, 0.15) is 49.8 Å². The Labute approximate surface area is 192 Å². The Kier molecular flexibility index (Phi) is 7.57. The molecule has 1 aliphatic carbocycles. The van der Waals surface area contributed by atoms with Gasteiger partial charge in [-0.3, -0.25) is 9.89 Å². The number of carbonyl (C=O) groups is 2. The van der Waals surface area contributed by atoms with Crippen LogP contribution in [-0.4, -0.2) is 60.1 Å². The van der Waals surface area contributed by atoms with Crippen molar-refractivity contribution < 1.29 is 27.9 Å². The van der Waals surface area contributed by atoms with Gasteiger partial charge in [-0.15, -0.1) is 0 Å². The molecular weight excluding hydrogens is 450 g/mol. The second-order valence-corrected chi connectivity index (χ2v) is 10.3. The summed E-state index contributed by atoms with van der Waals surface area (Å²) < 4.78 is 29.1. The number of ether oxygens (including phenoxy) is 1. The van der Waals surface area contributed by atoms with Crippen LogP contribution in [0, 0.1) is 5.92 Å². The van der Waals surface area contributed by atoms with E-state index in [0.717, 1.165) is 37.6 Å². The van der Waals surface area contributed by atoms with Crippen LogP contribution in [0.5, 0.6) is 5.88 Å². The van der Waals surface area contributed by atoms with Gasteiger partial charge in [-0.25, -0.2) is 18.2 Å². The summed E-state index contributed by atoms with van der Waals surface area (Å²) in [5.74, 6) is 0.571. The second kappa shape index (κ2) is 10.2. The first-order valence-corrected chi connectivity index (χ1v) is 12.6. The van der Waals surface area contributed by atoms with Gasteiger partial charge in [-0.2, -0.15) is 5.10 Å². The molecule has 2 amide bonds. The molecule has 1 saturated carbocycles. The number of carbonyl (C=O) groups excluding carboxylic acids is 1. The van der Waals surface area contributed by atoms with Gasteiger partial charge in [-0.05, 0) is 37.2 Å². The Bertz CT molecular complexity index is 1120. The Hall–Kier alpha value is -3.15. The Morgan fingerprint density at radius 1 is 1.33 bits per heavy atom. The first kappa shape index (κ1) is 24.5. The van der Waals surface area contributed by atoms with E-state index in [0.29, 0.717) is 5.82 Å². The predicted octanol–water partition coefficient (Wildman–Crippen LogP) is 2.33. The summed E-state index contributed by atoms with van der Waals surface area (Å²) in [7, 11) is -2.16. The van der Waals surface area contributed by atoms with Gasteiger partial charge in [0.15, 0.2) is 15.7 Å². The fraction of sp³-hybridized carbons (Fsp3) is 0.524. The lowest BCUT2D eigenvalue weighted by Crippen LogP contribution is -2.38. The van der Waals surface area contributed by atoms with Gasteiger partial charge < -0.3 is 20.5 Å². The number of aromatic nitrogens is 3. The Morgan fingerprint density at radius 2 is 2.09 bits per heavy atom. The Morgan fingerprint density at radius 3 is 2.73 bits per heavy atom. The minimum atomic E-state index is -3.57. The number of aromatic amines is 1. The maximum Gasteiger partial charge on any atom is 0.404 e. The minimum absolute atomic E-state index is 0.0291. The lowest BCUT2D eigenvalue weighted by Gasteiger charge is -2.22.